The Morgan fingerprint density at radius 2 is 1.71 bits per heavy atom. The minimum absolute atomic E-state index is 0.489. The Kier molecular flexibility index (Phi) is 6.68. The van der Waals surface area contributed by atoms with Crippen LogP contribution >= 0.6 is 0 Å². The van der Waals surface area contributed by atoms with Crippen LogP contribution in [0.5, 0.6) is 0 Å². The summed E-state index contributed by atoms with van der Waals surface area (Å²) in [6.45, 7) is 11.5. The molecular formula is C18H31N3. The zero-order valence-corrected chi connectivity index (χ0v) is 13.9. The lowest BCUT2D eigenvalue weighted by Gasteiger charge is -2.32. The van der Waals surface area contributed by atoms with Crippen LogP contribution in [0.25, 0.3) is 0 Å². The minimum Gasteiger partial charge on any atom is -0.309 e. The van der Waals surface area contributed by atoms with Gasteiger partial charge in [0.2, 0.25) is 0 Å². The number of nitrogens with zero attached hydrogens (tertiary/aromatic N) is 2. The maximum absolute atomic E-state index is 3.73. The van der Waals surface area contributed by atoms with Crippen molar-refractivity contribution < 1.29 is 0 Å². The van der Waals surface area contributed by atoms with Crippen molar-refractivity contribution in [3.05, 3.63) is 35.4 Å². The van der Waals surface area contributed by atoms with Crippen LogP contribution in [0.1, 0.15) is 37.4 Å². The van der Waals surface area contributed by atoms with Crippen molar-refractivity contribution in [2.75, 3.05) is 46.3 Å². The zero-order valence-electron chi connectivity index (χ0n) is 13.9. The van der Waals surface area contributed by atoms with Crippen LogP contribution in [0.15, 0.2) is 24.3 Å². The van der Waals surface area contributed by atoms with E-state index in [9.17, 15) is 0 Å². The van der Waals surface area contributed by atoms with E-state index in [2.05, 4.69) is 60.3 Å². The molecule has 0 aliphatic carbocycles. The van der Waals surface area contributed by atoms with E-state index in [4.69, 9.17) is 0 Å². The van der Waals surface area contributed by atoms with Gasteiger partial charge in [0.1, 0.15) is 0 Å². The van der Waals surface area contributed by atoms with Gasteiger partial charge in [-0.2, -0.15) is 0 Å². The molecule has 0 saturated carbocycles. The van der Waals surface area contributed by atoms with Crippen LogP contribution < -0.4 is 5.32 Å². The number of likely N-dealkylation sites (N-methyl/N-ethyl adjacent to an activating group) is 1. The van der Waals surface area contributed by atoms with Crippen LogP contribution in [0.3, 0.4) is 0 Å². The van der Waals surface area contributed by atoms with E-state index >= 15 is 0 Å². The van der Waals surface area contributed by atoms with E-state index in [0.717, 1.165) is 25.9 Å². The molecule has 1 aliphatic heterocycles. The molecule has 0 amide bonds. The lowest BCUT2D eigenvalue weighted by Crippen LogP contribution is -2.46. The Bertz CT molecular complexity index is 393. The van der Waals surface area contributed by atoms with E-state index in [1.165, 1.54) is 37.3 Å². The number of benzene rings is 1. The number of aryl methyl sites for hydroxylation is 1. The molecule has 2 rings (SSSR count). The van der Waals surface area contributed by atoms with E-state index < -0.39 is 0 Å². The monoisotopic (exact) mass is 289 g/mol. The van der Waals surface area contributed by atoms with Gasteiger partial charge in [-0.1, -0.05) is 38.1 Å². The highest BCUT2D eigenvalue weighted by Gasteiger charge is 2.14. The molecule has 118 valence electrons. The topological polar surface area (TPSA) is 18.5 Å². The van der Waals surface area contributed by atoms with Crippen molar-refractivity contribution in [3.63, 3.8) is 0 Å². The van der Waals surface area contributed by atoms with Gasteiger partial charge in [0.15, 0.2) is 0 Å². The first-order valence-corrected chi connectivity index (χ1v) is 8.46. The highest BCUT2D eigenvalue weighted by atomic mass is 15.2. The normalized spacial score (nSPS) is 18.8. The highest BCUT2D eigenvalue weighted by Crippen LogP contribution is 2.17. The van der Waals surface area contributed by atoms with Crippen LogP contribution in [0, 0.1) is 0 Å². The van der Waals surface area contributed by atoms with Crippen LogP contribution in [-0.2, 0) is 6.42 Å². The third kappa shape index (κ3) is 5.10. The van der Waals surface area contributed by atoms with Gasteiger partial charge >= 0.3 is 0 Å². The van der Waals surface area contributed by atoms with E-state index in [-0.39, 0.29) is 0 Å². The van der Waals surface area contributed by atoms with Crippen LogP contribution in [-0.4, -0.2) is 56.1 Å². The zero-order chi connectivity index (χ0) is 15.1. The molecule has 0 radical (unpaired) electrons. The molecule has 3 heteroatoms. The number of rotatable bonds is 7. The maximum Gasteiger partial charge on any atom is 0.0318 e. The Morgan fingerprint density at radius 3 is 2.29 bits per heavy atom. The highest BCUT2D eigenvalue weighted by molar-refractivity contribution is 5.25. The number of nitrogens with one attached hydrogen (secondary N) is 1. The van der Waals surface area contributed by atoms with Gasteiger partial charge in [-0.05, 0) is 31.0 Å². The molecule has 1 atom stereocenters. The number of piperazine rings is 1. The summed E-state index contributed by atoms with van der Waals surface area (Å²) in [7, 11) is 2.21. The molecule has 1 N–H and O–H groups in total. The van der Waals surface area contributed by atoms with Gasteiger partial charge in [-0.25, -0.2) is 0 Å². The summed E-state index contributed by atoms with van der Waals surface area (Å²) in [6.07, 6.45) is 2.27. The van der Waals surface area contributed by atoms with Crippen molar-refractivity contribution in [3.8, 4) is 0 Å². The van der Waals surface area contributed by atoms with Gasteiger partial charge in [0, 0.05) is 45.3 Å². The third-order valence-electron chi connectivity index (χ3n) is 4.61. The smallest absolute Gasteiger partial charge is 0.0318 e. The quantitative estimate of drug-likeness (QED) is 0.832. The summed E-state index contributed by atoms with van der Waals surface area (Å²) in [6, 6.07) is 9.59. The first kappa shape index (κ1) is 16.5. The molecule has 1 saturated heterocycles. The minimum atomic E-state index is 0.489. The second-order valence-electron chi connectivity index (χ2n) is 6.16. The maximum atomic E-state index is 3.73. The molecule has 1 aliphatic rings. The second kappa shape index (κ2) is 8.52. The van der Waals surface area contributed by atoms with Gasteiger partial charge in [-0.3, -0.25) is 4.90 Å². The van der Waals surface area contributed by atoms with Gasteiger partial charge < -0.3 is 10.2 Å². The predicted molar refractivity (Wildman–Crippen MR) is 90.8 cm³/mol. The molecular weight excluding hydrogens is 258 g/mol. The molecule has 3 nitrogen and oxygen atoms in total. The van der Waals surface area contributed by atoms with Crippen molar-refractivity contribution in [1.29, 1.82) is 0 Å². The SMILES string of the molecule is CCc1ccc(C(CC)NCCN2CCN(C)CC2)cc1. The lowest BCUT2D eigenvalue weighted by atomic mass is 10.0. The molecule has 1 aromatic rings. The second-order valence-corrected chi connectivity index (χ2v) is 6.16. The van der Waals surface area contributed by atoms with E-state index in [1.807, 2.05) is 0 Å². The Morgan fingerprint density at radius 1 is 1.05 bits per heavy atom. The molecule has 1 fully saturated rings. The molecule has 0 bridgehead atoms. The number of hydrogen-bond acceptors (Lipinski definition) is 3. The molecule has 1 unspecified atom stereocenters. The van der Waals surface area contributed by atoms with Crippen molar-refractivity contribution >= 4 is 0 Å². The van der Waals surface area contributed by atoms with E-state index in [1.54, 1.807) is 0 Å². The molecule has 1 heterocycles. The van der Waals surface area contributed by atoms with Gasteiger partial charge in [0.25, 0.3) is 0 Å². The Balaban J connectivity index is 1.76. The average Bonchev–Trinajstić information content (AvgIpc) is 2.53. The summed E-state index contributed by atoms with van der Waals surface area (Å²) in [5.41, 5.74) is 2.85. The first-order valence-electron chi connectivity index (χ1n) is 8.46. The van der Waals surface area contributed by atoms with Crippen molar-refractivity contribution in [1.82, 2.24) is 15.1 Å². The van der Waals surface area contributed by atoms with Crippen LogP contribution in [0.4, 0.5) is 0 Å². The fourth-order valence-corrected chi connectivity index (χ4v) is 2.95. The third-order valence-corrected chi connectivity index (χ3v) is 4.61. The summed E-state index contributed by atoms with van der Waals surface area (Å²) in [5.74, 6) is 0. The Labute approximate surface area is 130 Å². The summed E-state index contributed by atoms with van der Waals surface area (Å²) < 4.78 is 0. The summed E-state index contributed by atoms with van der Waals surface area (Å²) in [4.78, 5) is 4.98. The number of hydrogen-bond donors (Lipinski definition) is 1. The van der Waals surface area contributed by atoms with Gasteiger partial charge in [-0.15, -0.1) is 0 Å². The molecule has 1 aromatic carbocycles. The molecule has 21 heavy (non-hydrogen) atoms. The molecule has 0 aromatic heterocycles. The van der Waals surface area contributed by atoms with Crippen LogP contribution in [0.2, 0.25) is 0 Å². The first-order chi connectivity index (χ1) is 10.2. The van der Waals surface area contributed by atoms with Crippen molar-refractivity contribution in [2.24, 2.45) is 0 Å². The van der Waals surface area contributed by atoms with E-state index in [0.29, 0.717) is 6.04 Å². The standard InChI is InChI=1S/C18H31N3/c1-4-16-6-8-17(9-7-16)18(5-2)19-10-11-21-14-12-20(3)13-15-21/h6-9,18-19H,4-5,10-15H2,1-3H3. The fraction of sp³-hybridized carbons (Fsp3) is 0.667. The summed E-state index contributed by atoms with van der Waals surface area (Å²) >= 11 is 0. The fourth-order valence-electron chi connectivity index (χ4n) is 2.95. The largest absolute Gasteiger partial charge is 0.309 e. The van der Waals surface area contributed by atoms with Gasteiger partial charge in [0.05, 0.1) is 0 Å². The average molecular weight is 289 g/mol. The Hall–Kier alpha value is -0.900. The predicted octanol–water partition coefficient (Wildman–Crippen LogP) is 2.54. The lowest BCUT2D eigenvalue weighted by molar-refractivity contribution is 0.153. The van der Waals surface area contributed by atoms with Crippen molar-refractivity contribution in [2.45, 2.75) is 32.7 Å². The summed E-state index contributed by atoms with van der Waals surface area (Å²) in [5, 5.41) is 3.73. The molecule has 0 spiro atoms.